The zero-order valence-electron chi connectivity index (χ0n) is 15.1. The number of halogens is 1. The maximum absolute atomic E-state index is 12.7. The SMILES string of the molecule is CC(CCOc1ccccc1)C(=O)N1C[C@@H](N)[C@H](c2ccccc2)C1.Cl. The quantitative estimate of drug-likeness (QED) is 0.842. The van der Waals surface area contributed by atoms with E-state index in [2.05, 4.69) is 12.1 Å². The van der Waals surface area contributed by atoms with E-state index in [9.17, 15) is 4.79 Å². The van der Waals surface area contributed by atoms with Gasteiger partial charge < -0.3 is 15.4 Å². The van der Waals surface area contributed by atoms with Gasteiger partial charge in [-0.2, -0.15) is 0 Å². The lowest BCUT2D eigenvalue weighted by Gasteiger charge is -2.21. The molecule has 140 valence electrons. The molecule has 4 nitrogen and oxygen atoms in total. The van der Waals surface area contributed by atoms with Gasteiger partial charge >= 0.3 is 0 Å². The average Bonchev–Trinajstić information content (AvgIpc) is 3.04. The van der Waals surface area contributed by atoms with Crippen molar-refractivity contribution in [1.29, 1.82) is 0 Å². The molecule has 0 aliphatic carbocycles. The fraction of sp³-hybridized carbons (Fsp3) is 0.381. The van der Waals surface area contributed by atoms with Gasteiger partial charge in [0.05, 0.1) is 6.61 Å². The monoisotopic (exact) mass is 374 g/mol. The van der Waals surface area contributed by atoms with Gasteiger partial charge in [-0.1, -0.05) is 55.5 Å². The molecule has 1 unspecified atom stereocenters. The molecule has 2 aromatic carbocycles. The summed E-state index contributed by atoms with van der Waals surface area (Å²) in [4.78, 5) is 14.6. The number of ether oxygens (including phenoxy) is 1. The molecule has 1 saturated heterocycles. The Labute approximate surface area is 161 Å². The summed E-state index contributed by atoms with van der Waals surface area (Å²) in [5.74, 6) is 1.17. The molecule has 2 aromatic rings. The molecule has 1 aliphatic rings. The van der Waals surface area contributed by atoms with Crippen LogP contribution in [0, 0.1) is 5.92 Å². The first-order valence-corrected chi connectivity index (χ1v) is 8.92. The van der Waals surface area contributed by atoms with Gasteiger partial charge in [-0.05, 0) is 24.1 Å². The Morgan fingerprint density at radius 1 is 1.12 bits per heavy atom. The Morgan fingerprint density at radius 3 is 2.38 bits per heavy atom. The molecule has 1 aliphatic heterocycles. The highest BCUT2D eigenvalue weighted by Gasteiger charge is 2.35. The van der Waals surface area contributed by atoms with Gasteiger partial charge in [-0.25, -0.2) is 0 Å². The second-order valence-electron chi connectivity index (χ2n) is 6.78. The van der Waals surface area contributed by atoms with Crippen LogP contribution >= 0.6 is 12.4 Å². The van der Waals surface area contributed by atoms with Crippen LogP contribution in [0.15, 0.2) is 60.7 Å². The van der Waals surface area contributed by atoms with Gasteiger partial charge in [-0.3, -0.25) is 4.79 Å². The lowest BCUT2D eigenvalue weighted by molar-refractivity contribution is -0.134. The van der Waals surface area contributed by atoms with Gasteiger partial charge in [0.1, 0.15) is 5.75 Å². The van der Waals surface area contributed by atoms with Crippen LogP contribution in [-0.4, -0.2) is 36.5 Å². The standard InChI is InChI=1S/C21H26N2O2.ClH/c1-16(12-13-25-18-10-6-3-7-11-18)21(24)23-14-19(20(22)15-23)17-8-4-2-5-9-17;/h2-11,16,19-20H,12-15,22H2,1H3;1H/t16?,19-,20+;/m0./s1. The summed E-state index contributed by atoms with van der Waals surface area (Å²) >= 11 is 0. The molecule has 0 saturated carbocycles. The molecule has 0 spiro atoms. The van der Waals surface area contributed by atoms with Gasteiger partial charge in [-0.15, -0.1) is 12.4 Å². The summed E-state index contributed by atoms with van der Waals surface area (Å²) in [6, 6.07) is 19.9. The molecule has 0 aromatic heterocycles. The molecular formula is C21H27ClN2O2. The summed E-state index contributed by atoms with van der Waals surface area (Å²) in [6.45, 7) is 3.84. The maximum Gasteiger partial charge on any atom is 0.225 e. The molecule has 0 radical (unpaired) electrons. The van der Waals surface area contributed by atoms with E-state index in [1.807, 2.05) is 60.4 Å². The molecule has 3 atom stereocenters. The number of para-hydroxylation sites is 1. The molecule has 1 amide bonds. The second-order valence-corrected chi connectivity index (χ2v) is 6.78. The first-order valence-electron chi connectivity index (χ1n) is 8.92. The van der Waals surface area contributed by atoms with Crippen LogP contribution in [0.5, 0.6) is 5.75 Å². The first-order chi connectivity index (χ1) is 12.1. The molecule has 1 fully saturated rings. The highest BCUT2D eigenvalue weighted by atomic mass is 35.5. The van der Waals surface area contributed by atoms with Crippen molar-refractivity contribution in [3.05, 3.63) is 66.2 Å². The van der Waals surface area contributed by atoms with Crippen molar-refractivity contribution in [3.8, 4) is 5.75 Å². The van der Waals surface area contributed by atoms with Crippen LogP contribution in [0.2, 0.25) is 0 Å². The number of hydrogen-bond donors (Lipinski definition) is 1. The number of rotatable bonds is 6. The summed E-state index contributed by atoms with van der Waals surface area (Å²) in [7, 11) is 0. The highest BCUT2D eigenvalue weighted by Crippen LogP contribution is 2.27. The fourth-order valence-corrected chi connectivity index (χ4v) is 3.37. The van der Waals surface area contributed by atoms with Gasteiger partial charge in [0, 0.05) is 31.0 Å². The Bertz CT molecular complexity index is 681. The minimum Gasteiger partial charge on any atom is -0.494 e. The van der Waals surface area contributed by atoms with E-state index in [-0.39, 0.29) is 36.2 Å². The average molecular weight is 375 g/mol. The van der Waals surface area contributed by atoms with Crippen molar-refractivity contribution < 1.29 is 9.53 Å². The first kappa shape index (κ1) is 20.3. The normalized spacial score (nSPS) is 20.3. The molecule has 5 heteroatoms. The molecular weight excluding hydrogens is 348 g/mol. The number of benzene rings is 2. The van der Waals surface area contributed by atoms with Crippen LogP contribution in [-0.2, 0) is 4.79 Å². The third kappa shape index (κ3) is 4.99. The molecule has 2 N–H and O–H groups in total. The highest BCUT2D eigenvalue weighted by molar-refractivity contribution is 5.85. The Hall–Kier alpha value is -2.04. The van der Waals surface area contributed by atoms with E-state index in [1.54, 1.807) is 0 Å². The molecule has 26 heavy (non-hydrogen) atoms. The van der Waals surface area contributed by atoms with E-state index >= 15 is 0 Å². The Balaban J connectivity index is 0.00000243. The third-order valence-corrected chi connectivity index (χ3v) is 4.89. The lowest BCUT2D eigenvalue weighted by atomic mass is 9.95. The van der Waals surface area contributed by atoms with E-state index < -0.39 is 0 Å². The number of nitrogens with two attached hydrogens (primary N) is 1. The molecule has 0 bridgehead atoms. The summed E-state index contributed by atoms with van der Waals surface area (Å²) in [5.41, 5.74) is 7.51. The van der Waals surface area contributed by atoms with Crippen molar-refractivity contribution in [2.24, 2.45) is 11.7 Å². The van der Waals surface area contributed by atoms with Crippen molar-refractivity contribution >= 4 is 18.3 Å². The minimum atomic E-state index is -0.0644. The van der Waals surface area contributed by atoms with E-state index in [1.165, 1.54) is 5.56 Å². The maximum atomic E-state index is 12.7. The smallest absolute Gasteiger partial charge is 0.225 e. The predicted octanol–water partition coefficient (Wildman–Crippen LogP) is 3.47. The largest absolute Gasteiger partial charge is 0.494 e. The van der Waals surface area contributed by atoms with Gasteiger partial charge in [0.25, 0.3) is 0 Å². The fourth-order valence-electron chi connectivity index (χ4n) is 3.37. The van der Waals surface area contributed by atoms with Crippen LogP contribution < -0.4 is 10.5 Å². The van der Waals surface area contributed by atoms with Crippen LogP contribution in [0.1, 0.15) is 24.8 Å². The minimum absolute atomic E-state index is 0. The topological polar surface area (TPSA) is 55.6 Å². The van der Waals surface area contributed by atoms with Crippen LogP contribution in [0.3, 0.4) is 0 Å². The van der Waals surface area contributed by atoms with Gasteiger partial charge in [0.2, 0.25) is 5.91 Å². The van der Waals surface area contributed by atoms with Crippen molar-refractivity contribution in [1.82, 2.24) is 4.90 Å². The second kappa shape index (κ2) is 9.60. The van der Waals surface area contributed by atoms with Crippen molar-refractivity contribution in [2.75, 3.05) is 19.7 Å². The van der Waals surface area contributed by atoms with Crippen LogP contribution in [0.25, 0.3) is 0 Å². The number of nitrogens with zero attached hydrogens (tertiary/aromatic N) is 1. The Morgan fingerprint density at radius 2 is 1.73 bits per heavy atom. The Kier molecular flexibility index (Phi) is 7.49. The molecule has 1 heterocycles. The number of carbonyl (C=O) groups excluding carboxylic acids is 1. The van der Waals surface area contributed by atoms with Crippen molar-refractivity contribution in [3.63, 3.8) is 0 Å². The number of amides is 1. The van der Waals surface area contributed by atoms with Crippen LogP contribution in [0.4, 0.5) is 0 Å². The zero-order chi connectivity index (χ0) is 17.6. The van der Waals surface area contributed by atoms with E-state index in [0.29, 0.717) is 26.1 Å². The van der Waals surface area contributed by atoms with E-state index in [0.717, 1.165) is 5.75 Å². The summed E-state index contributed by atoms with van der Waals surface area (Å²) in [6.07, 6.45) is 0.704. The predicted molar refractivity (Wildman–Crippen MR) is 107 cm³/mol. The zero-order valence-corrected chi connectivity index (χ0v) is 15.9. The van der Waals surface area contributed by atoms with Crippen molar-refractivity contribution in [2.45, 2.75) is 25.3 Å². The number of hydrogen-bond acceptors (Lipinski definition) is 3. The summed E-state index contributed by atoms with van der Waals surface area (Å²) in [5, 5.41) is 0. The molecule has 3 rings (SSSR count). The summed E-state index contributed by atoms with van der Waals surface area (Å²) < 4.78 is 5.71. The third-order valence-electron chi connectivity index (χ3n) is 4.89. The number of carbonyl (C=O) groups is 1. The lowest BCUT2D eigenvalue weighted by Crippen LogP contribution is -2.35. The van der Waals surface area contributed by atoms with E-state index in [4.69, 9.17) is 10.5 Å². The van der Waals surface area contributed by atoms with Gasteiger partial charge in [0.15, 0.2) is 0 Å². The number of likely N-dealkylation sites (tertiary alicyclic amines) is 1.